The van der Waals surface area contributed by atoms with E-state index in [2.05, 4.69) is 76.4 Å². The van der Waals surface area contributed by atoms with Gasteiger partial charge < -0.3 is 39.9 Å². The van der Waals surface area contributed by atoms with Gasteiger partial charge in [-0.15, -0.1) is 0 Å². The lowest BCUT2D eigenvalue weighted by Gasteiger charge is -2.21. The van der Waals surface area contributed by atoms with Crippen molar-refractivity contribution in [3.63, 3.8) is 0 Å². The van der Waals surface area contributed by atoms with E-state index in [4.69, 9.17) is 0 Å². The number of amides is 4. The number of fused-ring (bicyclic) bond motifs is 1. The average molecular weight is 695 g/mol. The standard InChI is InChI=1S/C37H42N8O6/c1-5-17-45(35(47)21-40-37(49)51-4)22-32-38-19-31(43-32)27-13-11-25(12-14-27)24-7-9-26(10-8-24)28-15-16-29-30(18-28)42-33(41-29)23-44(6-2)34(46)20-39-36(48)50-3/h7-16,18-19H,5-6,17,20-23H2,1-4H3,(H,38,43)(H,39,48)(H,40,49)(H,41,42). The summed E-state index contributed by atoms with van der Waals surface area (Å²) in [5.74, 6) is 0.849. The Hall–Kier alpha value is -6.18. The minimum absolute atomic E-state index is 0.147. The van der Waals surface area contributed by atoms with Gasteiger partial charge in [-0.25, -0.2) is 19.6 Å². The van der Waals surface area contributed by atoms with E-state index in [1.165, 1.54) is 14.2 Å². The summed E-state index contributed by atoms with van der Waals surface area (Å²) in [6.07, 6.45) is 1.22. The molecule has 0 unspecified atom stereocenters. The first-order valence-corrected chi connectivity index (χ1v) is 16.6. The lowest BCUT2D eigenvalue weighted by molar-refractivity contribution is -0.131. The molecule has 14 heteroatoms. The molecule has 0 saturated carbocycles. The van der Waals surface area contributed by atoms with Gasteiger partial charge in [0.2, 0.25) is 11.8 Å². The summed E-state index contributed by atoms with van der Waals surface area (Å²) < 4.78 is 9.09. The van der Waals surface area contributed by atoms with Crippen molar-refractivity contribution in [2.45, 2.75) is 33.4 Å². The first kappa shape index (κ1) is 36.1. The minimum Gasteiger partial charge on any atom is -0.453 e. The molecule has 0 fully saturated rings. The number of carbonyl (C=O) groups is 4. The van der Waals surface area contributed by atoms with Crippen molar-refractivity contribution in [3.05, 3.63) is 84.6 Å². The Morgan fingerprint density at radius 1 is 0.686 bits per heavy atom. The van der Waals surface area contributed by atoms with Crippen LogP contribution >= 0.6 is 0 Å². The number of likely N-dealkylation sites (N-methyl/N-ethyl adjacent to an activating group) is 1. The van der Waals surface area contributed by atoms with Gasteiger partial charge in [-0.3, -0.25) is 9.59 Å². The van der Waals surface area contributed by atoms with Gasteiger partial charge in [-0.05, 0) is 53.3 Å². The molecular formula is C37H42N8O6. The second-order valence-electron chi connectivity index (χ2n) is 11.7. The van der Waals surface area contributed by atoms with E-state index in [0.29, 0.717) is 31.3 Å². The lowest BCUT2D eigenvalue weighted by Crippen LogP contribution is -2.40. The fourth-order valence-electron chi connectivity index (χ4n) is 5.57. The Morgan fingerprint density at radius 3 is 1.78 bits per heavy atom. The van der Waals surface area contributed by atoms with E-state index in [-0.39, 0.29) is 31.4 Å². The van der Waals surface area contributed by atoms with E-state index >= 15 is 0 Å². The Labute approximate surface area is 295 Å². The zero-order valence-electron chi connectivity index (χ0n) is 29.1. The zero-order chi connectivity index (χ0) is 36.3. The predicted molar refractivity (Wildman–Crippen MR) is 192 cm³/mol. The van der Waals surface area contributed by atoms with Crippen LogP contribution in [0.5, 0.6) is 0 Å². The highest BCUT2D eigenvalue weighted by molar-refractivity contribution is 5.84. The van der Waals surface area contributed by atoms with E-state index in [0.717, 1.165) is 51.0 Å². The third kappa shape index (κ3) is 9.29. The highest BCUT2D eigenvalue weighted by Gasteiger charge is 2.18. The van der Waals surface area contributed by atoms with Gasteiger partial charge in [0.25, 0.3) is 0 Å². The van der Waals surface area contributed by atoms with E-state index in [9.17, 15) is 19.2 Å². The van der Waals surface area contributed by atoms with Crippen LogP contribution in [0.4, 0.5) is 9.59 Å². The molecule has 0 saturated heterocycles. The van der Waals surface area contributed by atoms with Crippen LogP contribution in [0.1, 0.15) is 31.9 Å². The SMILES string of the molecule is CCCN(Cc1ncc(-c2ccc(-c3ccc(-c4ccc5nc(CN(CC)C(=O)CNC(=O)OC)[nH]c5c4)cc3)cc2)[nH]1)C(=O)CNC(=O)OC. The van der Waals surface area contributed by atoms with Crippen LogP contribution in [0.3, 0.4) is 0 Å². The molecule has 51 heavy (non-hydrogen) atoms. The summed E-state index contributed by atoms with van der Waals surface area (Å²) in [6.45, 7) is 5.13. The van der Waals surface area contributed by atoms with Crippen LogP contribution in [0.15, 0.2) is 72.9 Å². The second kappa shape index (κ2) is 17.0. The number of aromatic nitrogens is 4. The summed E-state index contributed by atoms with van der Waals surface area (Å²) in [4.78, 5) is 67.0. The quantitative estimate of drug-likeness (QED) is 0.124. The van der Waals surface area contributed by atoms with Crippen LogP contribution in [0.25, 0.3) is 44.5 Å². The van der Waals surface area contributed by atoms with Crippen molar-refractivity contribution in [1.29, 1.82) is 0 Å². The number of rotatable bonds is 14. The van der Waals surface area contributed by atoms with Crippen LogP contribution in [0, 0.1) is 0 Å². The van der Waals surface area contributed by atoms with Gasteiger partial charge in [-0.1, -0.05) is 61.5 Å². The average Bonchev–Trinajstić information content (AvgIpc) is 3.81. The highest BCUT2D eigenvalue weighted by atomic mass is 16.5. The summed E-state index contributed by atoms with van der Waals surface area (Å²) in [7, 11) is 2.51. The van der Waals surface area contributed by atoms with Gasteiger partial charge >= 0.3 is 12.2 Å². The van der Waals surface area contributed by atoms with Crippen molar-refractivity contribution < 1.29 is 28.7 Å². The molecule has 0 radical (unpaired) electrons. The van der Waals surface area contributed by atoms with Gasteiger partial charge in [0.05, 0.1) is 50.2 Å². The number of nitrogens with zero attached hydrogens (tertiary/aromatic N) is 4. The molecule has 14 nitrogen and oxygen atoms in total. The number of methoxy groups -OCH3 is 2. The molecule has 0 spiro atoms. The minimum atomic E-state index is -0.654. The Balaban J connectivity index is 1.21. The normalized spacial score (nSPS) is 10.8. The number of hydrogen-bond acceptors (Lipinski definition) is 8. The van der Waals surface area contributed by atoms with E-state index in [1.807, 2.05) is 44.2 Å². The molecule has 2 heterocycles. The van der Waals surface area contributed by atoms with Gasteiger partial charge in [-0.2, -0.15) is 0 Å². The van der Waals surface area contributed by atoms with Crippen molar-refractivity contribution >= 4 is 35.0 Å². The molecule has 4 amide bonds. The number of hydrogen-bond donors (Lipinski definition) is 4. The summed E-state index contributed by atoms with van der Waals surface area (Å²) >= 11 is 0. The summed E-state index contributed by atoms with van der Waals surface area (Å²) in [6, 6.07) is 22.5. The van der Waals surface area contributed by atoms with E-state index < -0.39 is 12.2 Å². The molecule has 0 aliphatic carbocycles. The smallest absolute Gasteiger partial charge is 0.407 e. The number of carbonyl (C=O) groups excluding carboxylic acids is 4. The third-order valence-electron chi connectivity index (χ3n) is 8.31. The predicted octanol–water partition coefficient (Wildman–Crippen LogP) is 5.09. The van der Waals surface area contributed by atoms with Gasteiger partial charge in [0.1, 0.15) is 24.7 Å². The molecule has 2 aromatic heterocycles. The number of H-pyrrole nitrogens is 2. The maximum atomic E-state index is 12.6. The van der Waals surface area contributed by atoms with Gasteiger partial charge in [0, 0.05) is 13.1 Å². The Kier molecular flexibility index (Phi) is 12.0. The number of benzene rings is 3. The number of ether oxygens (including phenoxy) is 2. The molecule has 4 N–H and O–H groups in total. The lowest BCUT2D eigenvalue weighted by atomic mass is 9.99. The molecular weight excluding hydrogens is 652 g/mol. The third-order valence-corrected chi connectivity index (χ3v) is 8.31. The topological polar surface area (TPSA) is 175 Å². The van der Waals surface area contributed by atoms with E-state index in [1.54, 1.807) is 16.0 Å². The van der Waals surface area contributed by atoms with Gasteiger partial charge in [0.15, 0.2) is 0 Å². The molecule has 0 atom stereocenters. The highest BCUT2D eigenvalue weighted by Crippen LogP contribution is 2.28. The number of alkyl carbamates (subject to hydrolysis) is 2. The van der Waals surface area contributed by atoms with Crippen LogP contribution in [-0.4, -0.2) is 94.1 Å². The molecule has 0 bridgehead atoms. The summed E-state index contributed by atoms with van der Waals surface area (Å²) in [5.41, 5.74) is 7.67. The maximum absolute atomic E-state index is 12.6. The molecule has 3 aromatic carbocycles. The summed E-state index contributed by atoms with van der Waals surface area (Å²) in [5, 5.41) is 4.85. The molecule has 5 aromatic rings. The number of aromatic amines is 2. The largest absolute Gasteiger partial charge is 0.453 e. The Morgan fingerprint density at radius 2 is 1.22 bits per heavy atom. The van der Waals surface area contributed by atoms with Crippen molar-refractivity contribution in [1.82, 2.24) is 40.4 Å². The number of nitrogens with one attached hydrogen (secondary N) is 4. The van der Waals surface area contributed by atoms with Crippen LogP contribution in [0.2, 0.25) is 0 Å². The first-order chi connectivity index (χ1) is 24.7. The fourth-order valence-corrected chi connectivity index (χ4v) is 5.57. The van der Waals surface area contributed by atoms with Crippen LogP contribution in [-0.2, 0) is 32.2 Å². The van der Waals surface area contributed by atoms with Crippen molar-refractivity contribution in [2.24, 2.45) is 0 Å². The molecule has 266 valence electrons. The molecule has 0 aliphatic heterocycles. The second-order valence-corrected chi connectivity index (χ2v) is 11.7. The Bertz CT molecular complexity index is 1970. The zero-order valence-corrected chi connectivity index (χ0v) is 29.1. The van der Waals surface area contributed by atoms with Crippen molar-refractivity contribution in [3.8, 4) is 33.5 Å². The monoisotopic (exact) mass is 694 g/mol. The first-order valence-electron chi connectivity index (χ1n) is 16.6. The molecule has 0 aliphatic rings. The van der Waals surface area contributed by atoms with Crippen LogP contribution < -0.4 is 10.6 Å². The van der Waals surface area contributed by atoms with Crippen molar-refractivity contribution in [2.75, 3.05) is 40.4 Å². The molecule has 5 rings (SSSR count). The fraction of sp³-hybridized carbons (Fsp3) is 0.297. The number of imidazole rings is 2. The maximum Gasteiger partial charge on any atom is 0.407 e.